The first-order valence-electron chi connectivity index (χ1n) is 5.93. The van der Waals surface area contributed by atoms with E-state index in [1.807, 2.05) is 12.1 Å². The van der Waals surface area contributed by atoms with Crippen LogP contribution in [0.1, 0.15) is 32.6 Å². The average molecular weight is 230 g/mol. The van der Waals surface area contributed by atoms with Gasteiger partial charge in [-0.05, 0) is 12.8 Å². The van der Waals surface area contributed by atoms with E-state index in [0.717, 1.165) is 19.3 Å². The Morgan fingerprint density at radius 2 is 2.18 bits per heavy atom. The zero-order valence-electron chi connectivity index (χ0n) is 9.90. The molecule has 1 spiro atoms. The van der Waals surface area contributed by atoms with Gasteiger partial charge in [0, 0.05) is 12.3 Å². The number of nitrogens with two attached hydrogens (primary N) is 1. The quantitative estimate of drug-likeness (QED) is 0.632. The van der Waals surface area contributed by atoms with Gasteiger partial charge < -0.3 is 0 Å². The third-order valence-electron chi connectivity index (χ3n) is 3.74. The number of rotatable bonds is 1. The van der Waals surface area contributed by atoms with E-state index in [1.165, 1.54) is 6.42 Å². The molecule has 5 heteroatoms. The molecule has 1 saturated carbocycles. The number of hydrogen-bond donors (Lipinski definition) is 2. The minimum atomic E-state index is -0.865. The fourth-order valence-electron chi connectivity index (χ4n) is 2.65. The van der Waals surface area contributed by atoms with Gasteiger partial charge in [-0.2, -0.15) is 10.5 Å². The third-order valence-corrected chi connectivity index (χ3v) is 3.74. The van der Waals surface area contributed by atoms with Gasteiger partial charge in [0.1, 0.15) is 0 Å². The van der Waals surface area contributed by atoms with Crippen molar-refractivity contribution < 1.29 is 4.99 Å². The summed E-state index contributed by atoms with van der Waals surface area (Å²) >= 11 is 0. The molecule has 88 valence electrons. The minimum absolute atomic E-state index is 0.371. The van der Waals surface area contributed by atoms with Gasteiger partial charge in [-0.3, -0.25) is 5.73 Å². The molecule has 0 radical (unpaired) electrons. The van der Waals surface area contributed by atoms with E-state index in [2.05, 4.69) is 16.9 Å². The van der Waals surface area contributed by atoms with Crippen LogP contribution in [0.25, 0.3) is 0 Å². The number of aliphatic imine (C=N–C) groups is 1. The van der Waals surface area contributed by atoms with E-state index in [9.17, 15) is 0 Å². The van der Waals surface area contributed by atoms with Gasteiger partial charge in [0.2, 0.25) is 0 Å². The first-order valence-corrected chi connectivity index (χ1v) is 5.93. The maximum absolute atomic E-state index is 8.91. The second-order valence-electron chi connectivity index (χ2n) is 4.80. The van der Waals surface area contributed by atoms with Crippen LogP contribution in [-0.2, 0) is 0 Å². The molecule has 5 nitrogen and oxygen atoms in total. The molecule has 0 aromatic heterocycles. The smallest absolute Gasteiger partial charge is 0.286 e. The Labute approximate surface area is 101 Å². The van der Waals surface area contributed by atoms with Gasteiger partial charge in [-0.25, -0.2) is 9.98 Å². The van der Waals surface area contributed by atoms with Crippen LogP contribution in [0, 0.1) is 34.5 Å². The molecule has 0 unspecified atom stereocenters. The molecule has 0 bridgehead atoms. The highest BCUT2D eigenvalue weighted by molar-refractivity contribution is 6.41. The summed E-state index contributed by atoms with van der Waals surface area (Å²) in [5.41, 5.74) is 5.92. The molecule has 1 fully saturated rings. The molecule has 2 atom stereocenters. The standard InChI is InChI=1S/C12H15N5/c1-8-4-2-3-5-12(8)16-10(11(15)17-12)9(6-13)7-14/h8-9H,2-5H2,1H3,(H2,15,17)/p+1/t8-,12-/m1/s1. The van der Waals surface area contributed by atoms with E-state index in [1.54, 1.807) is 0 Å². The van der Waals surface area contributed by atoms with Crippen LogP contribution < -0.4 is 10.7 Å². The van der Waals surface area contributed by atoms with Gasteiger partial charge in [-0.1, -0.05) is 13.3 Å². The molecule has 0 saturated heterocycles. The molecular formula is C12H16N5+. The molecule has 0 aromatic carbocycles. The summed E-state index contributed by atoms with van der Waals surface area (Å²) in [6.07, 6.45) is 4.32. The number of nitrogens with zero attached hydrogens (tertiary/aromatic N) is 3. The van der Waals surface area contributed by atoms with Crippen molar-refractivity contribution in [3.63, 3.8) is 0 Å². The fourth-order valence-corrected chi connectivity index (χ4v) is 2.65. The first kappa shape index (κ1) is 11.6. The molecule has 2 aliphatic rings. The SMILES string of the molecule is C[C@@H]1CCCC[C@]12N=C(C(C#N)C#N)C(N)=[NH+]2. The maximum atomic E-state index is 8.91. The Morgan fingerprint density at radius 1 is 1.47 bits per heavy atom. The molecule has 1 aliphatic heterocycles. The lowest BCUT2D eigenvalue weighted by Gasteiger charge is -2.32. The van der Waals surface area contributed by atoms with Crippen LogP contribution in [0.4, 0.5) is 0 Å². The van der Waals surface area contributed by atoms with E-state index in [4.69, 9.17) is 16.3 Å². The molecule has 0 amide bonds. The Morgan fingerprint density at radius 3 is 2.76 bits per heavy atom. The molecule has 3 N–H and O–H groups in total. The average Bonchev–Trinajstić information content (AvgIpc) is 2.64. The number of nitrogens with one attached hydrogen (secondary N) is 1. The summed E-state index contributed by atoms with van der Waals surface area (Å²) in [5, 5.41) is 17.8. The van der Waals surface area contributed by atoms with Crippen LogP contribution in [0.5, 0.6) is 0 Å². The van der Waals surface area contributed by atoms with Crippen molar-refractivity contribution in [2.45, 2.75) is 38.3 Å². The third kappa shape index (κ3) is 1.78. The van der Waals surface area contributed by atoms with E-state index in [0.29, 0.717) is 17.5 Å². The number of hydrogen-bond acceptors (Lipinski definition) is 4. The monoisotopic (exact) mass is 230 g/mol. The predicted molar refractivity (Wildman–Crippen MR) is 62.7 cm³/mol. The topological polar surface area (TPSA) is 99.9 Å². The van der Waals surface area contributed by atoms with Crippen molar-refractivity contribution in [3.05, 3.63) is 0 Å². The van der Waals surface area contributed by atoms with Gasteiger partial charge in [-0.15, -0.1) is 0 Å². The van der Waals surface area contributed by atoms with Gasteiger partial charge in [0.25, 0.3) is 5.84 Å². The molecule has 1 heterocycles. The molecule has 17 heavy (non-hydrogen) atoms. The van der Waals surface area contributed by atoms with Crippen molar-refractivity contribution in [1.29, 1.82) is 10.5 Å². The summed E-state index contributed by atoms with van der Waals surface area (Å²) in [7, 11) is 0. The Hall–Kier alpha value is -1.88. The second-order valence-corrected chi connectivity index (χ2v) is 4.80. The molecule has 2 rings (SSSR count). The number of amidine groups is 1. The molecule has 1 aliphatic carbocycles. The first-order chi connectivity index (χ1) is 8.13. The Balaban J connectivity index is 2.37. The zero-order chi connectivity index (χ0) is 12.5. The highest BCUT2D eigenvalue weighted by Crippen LogP contribution is 2.32. The fraction of sp³-hybridized carbons (Fsp3) is 0.667. The van der Waals surface area contributed by atoms with Crippen molar-refractivity contribution in [1.82, 2.24) is 0 Å². The van der Waals surface area contributed by atoms with Crippen LogP contribution in [0.3, 0.4) is 0 Å². The minimum Gasteiger partial charge on any atom is -0.286 e. The zero-order valence-corrected chi connectivity index (χ0v) is 9.90. The van der Waals surface area contributed by atoms with Crippen molar-refractivity contribution >= 4 is 11.5 Å². The normalized spacial score (nSPS) is 31.9. The highest BCUT2D eigenvalue weighted by atomic mass is 15.2. The molecule has 0 aromatic rings. The second kappa shape index (κ2) is 4.18. The number of nitriles is 2. The van der Waals surface area contributed by atoms with Crippen LogP contribution in [-0.4, -0.2) is 17.2 Å². The maximum Gasteiger partial charge on any atom is 0.291 e. The highest BCUT2D eigenvalue weighted by Gasteiger charge is 2.46. The van der Waals surface area contributed by atoms with E-state index in [-0.39, 0.29) is 5.66 Å². The summed E-state index contributed by atoms with van der Waals surface area (Å²) in [4.78, 5) is 7.79. The summed E-state index contributed by atoms with van der Waals surface area (Å²) in [6, 6.07) is 3.86. The van der Waals surface area contributed by atoms with Crippen LogP contribution in [0.2, 0.25) is 0 Å². The van der Waals surface area contributed by atoms with Crippen molar-refractivity contribution in [2.24, 2.45) is 22.6 Å². The van der Waals surface area contributed by atoms with Crippen molar-refractivity contribution in [2.75, 3.05) is 0 Å². The lowest BCUT2D eigenvalue weighted by atomic mass is 9.81. The Kier molecular flexibility index (Phi) is 2.85. The largest absolute Gasteiger partial charge is 0.291 e. The lowest BCUT2D eigenvalue weighted by molar-refractivity contribution is -0.562. The van der Waals surface area contributed by atoms with Crippen molar-refractivity contribution in [3.8, 4) is 12.1 Å². The Bertz CT molecular complexity index is 450. The molecular weight excluding hydrogens is 214 g/mol. The van der Waals surface area contributed by atoms with Gasteiger partial charge >= 0.3 is 0 Å². The summed E-state index contributed by atoms with van der Waals surface area (Å²) in [6.45, 7) is 2.14. The lowest BCUT2D eigenvalue weighted by Crippen LogP contribution is -2.88. The van der Waals surface area contributed by atoms with Gasteiger partial charge in [0.05, 0.1) is 12.1 Å². The van der Waals surface area contributed by atoms with Crippen LogP contribution in [0.15, 0.2) is 4.99 Å². The van der Waals surface area contributed by atoms with Crippen LogP contribution >= 0.6 is 0 Å². The van der Waals surface area contributed by atoms with E-state index < -0.39 is 5.92 Å². The predicted octanol–water partition coefficient (Wildman–Crippen LogP) is -0.551. The summed E-state index contributed by atoms with van der Waals surface area (Å²) < 4.78 is 0. The van der Waals surface area contributed by atoms with E-state index >= 15 is 0 Å². The summed E-state index contributed by atoms with van der Waals surface area (Å²) in [5.74, 6) is -0.0896. The van der Waals surface area contributed by atoms with Gasteiger partial charge in [0.15, 0.2) is 17.3 Å².